The number of hydrogen-bond acceptors (Lipinski definition) is 2. The SMILES string of the molecule is CC1(O)C=C[C@]2(C)C3CC[C@@]4(C)C(CC[C@@H]4O)C3CC[C@@]2(C)C1. The Kier molecular flexibility index (Phi) is 3.25. The first-order valence-corrected chi connectivity index (χ1v) is 9.72. The normalized spacial score (nSPS) is 61.7. The van der Waals surface area contributed by atoms with Crippen LogP contribution in [0.15, 0.2) is 12.2 Å². The highest BCUT2D eigenvalue weighted by molar-refractivity contribution is 5.23. The number of rotatable bonds is 0. The predicted molar refractivity (Wildman–Crippen MR) is 92.9 cm³/mol. The number of fused-ring (bicyclic) bond motifs is 5. The molecule has 4 unspecified atom stereocenters. The van der Waals surface area contributed by atoms with Crippen LogP contribution in [0.2, 0.25) is 0 Å². The van der Waals surface area contributed by atoms with E-state index in [1.165, 1.54) is 32.1 Å². The molecular weight excluding hydrogens is 284 g/mol. The summed E-state index contributed by atoms with van der Waals surface area (Å²) in [6.45, 7) is 9.19. The lowest BCUT2D eigenvalue weighted by Crippen LogP contribution is -2.58. The molecule has 0 amide bonds. The topological polar surface area (TPSA) is 40.5 Å². The van der Waals surface area contributed by atoms with Crippen molar-refractivity contribution in [2.75, 3.05) is 0 Å². The second-order valence-corrected chi connectivity index (χ2v) is 10.3. The van der Waals surface area contributed by atoms with Crippen molar-refractivity contribution in [1.29, 1.82) is 0 Å². The van der Waals surface area contributed by atoms with Crippen LogP contribution in [0.1, 0.15) is 72.6 Å². The Labute approximate surface area is 141 Å². The summed E-state index contributed by atoms with van der Waals surface area (Å²) in [5, 5.41) is 21.1. The van der Waals surface area contributed by atoms with Crippen LogP contribution in [0, 0.1) is 34.0 Å². The summed E-state index contributed by atoms with van der Waals surface area (Å²) in [7, 11) is 0. The Morgan fingerprint density at radius 1 is 0.870 bits per heavy atom. The maximum atomic E-state index is 10.6. The van der Waals surface area contributed by atoms with E-state index in [0.717, 1.165) is 24.7 Å². The molecule has 0 bridgehead atoms. The molecule has 3 fully saturated rings. The summed E-state index contributed by atoms with van der Waals surface area (Å²) in [6.07, 6.45) is 12.4. The van der Waals surface area contributed by atoms with E-state index in [1.807, 2.05) is 6.92 Å². The van der Waals surface area contributed by atoms with Crippen LogP contribution in [0.25, 0.3) is 0 Å². The summed E-state index contributed by atoms with van der Waals surface area (Å²) in [4.78, 5) is 0. The second-order valence-electron chi connectivity index (χ2n) is 10.3. The van der Waals surface area contributed by atoms with E-state index in [4.69, 9.17) is 0 Å². The highest BCUT2D eigenvalue weighted by Gasteiger charge is 2.63. The smallest absolute Gasteiger partial charge is 0.0805 e. The average molecular weight is 319 g/mol. The van der Waals surface area contributed by atoms with E-state index in [0.29, 0.717) is 5.92 Å². The lowest BCUT2D eigenvalue weighted by molar-refractivity contribution is -0.142. The van der Waals surface area contributed by atoms with E-state index in [2.05, 4.69) is 32.9 Å². The zero-order chi connectivity index (χ0) is 16.7. The van der Waals surface area contributed by atoms with Gasteiger partial charge in [0, 0.05) is 0 Å². The number of allylic oxidation sites excluding steroid dienone is 1. The van der Waals surface area contributed by atoms with Crippen LogP contribution in [0.5, 0.6) is 0 Å². The van der Waals surface area contributed by atoms with E-state index < -0.39 is 5.60 Å². The third-order valence-electron chi connectivity index (χ3n) is 9.02. The van der Waals surface area contributed by atoms with Crippen molar-refractivity contribution < 1.29 is 10.2 Å². The Bertz CT molecular complexity index is 538. The van der Waals surface area contributed by atoms with Gasteiger partial charge in [0.05, 0.1) is 11.7 Å². The van der Waals surface area contributed by atoms with Crippen molar-refractivity contribution in [3.63, 3.8) is 0 Å². The van der Waals surface area contributed by atoms with Gasteiger partial charge in [-0.1, -0.05) is 32.9 Å². The summed E-state index contributed by atoms with van der Waals surface area (Å²) >= 11 is 0. The molecule has 0 aliphatic heterocycles. The molecule has 8 atom stereocenters. The monoisotopic (exact) mass is 318 g/mol. The van der Waals surface area contributed by atoms with Gasteiger partial charge >= 0.3 is 0 Å². The molecule has 0 spiro atoms. The van der Waals surface area contributed by atoms with E-state index in [1.54, 1.807) is 0 Å². The molecular formula is C21H34O2. The molecule has 4 aliphatic carbocycles. The standard InChI is InChI=1S/C21H34O2/c1-18-9-7-14-15-5-6-17(22)20(15,3)10-8-16(14)21(18,4)12-11-19(2,23)13-18/h11-12,14-17,22-23H,5-10,13H2,1-4H3/t14?,15?,16?,17-,18-,19?,20-,21+/m0/s1. The van der Waals surface area contributed by atoms with Gasteiger partial charge in [0.25, 0.3) is 0 Å². The molecule has 2 nitrogen and oxygen atoms in total. The molecule has 3 saturated carbocycles. The van der Waals surface area contributed by atoms with Crippen LogP contribution in [-0.4, -0.2) is 21.9 Å². The highest BCUT2D eigenvalue weighted by Crippen LogP contribution is 2.69. The van der Waals surface area contributed by atoms with Crippen molar-refractivity contribution in [3.8, 4) is 0 Å². The first kappa shape index (κ1) is 16.1. The van der Waals surface area contributed by atoms with Crippen molar-refractivity contribution >= 4 is 0 Å². The average Bonchev–Trinajstić information content (AvgIpc) is 2.76. The van der Waals surface area contributed by atoms with Gasteiger partial charge in [0.15, 0.2) is 0 Å². The second kappa shape index (κ2) is 4.64. The summed E-state index contributed by atoms with van der Waals surface area (Å²) in [5.74, 6) is 2.18. The molecule has 0 saturated heterocycles. The van der Waals surface area contributed by atoms with Gasteiger partial charge in [-0.2, -0.15) is 0 Å². The predicted octanol–water partition coefficient (Wildman–Crippen LogP) is 4.31. The molecule has 130 valence electrons. The highest BCUT2D eigenvalue weighted by atomic mass is 16.3. The van der Waals surface area contributed by atoms with Crippen molar-refractivity contribution in [3.05, 3.63) is 12.2 Å². The van der Waals surface area contributed by atoms with E-state index in [-0.39, 0.29) is 22.3 Å². The maximum absolute atomic E-state index is 10.6. The van der Waals surface area contributed by atoms with Crippen molar-refractivity contribution in [2.45, 2.75) is 84.3 Å². The van der Waals surface area contributed by atoms with Gasteiger partial charge < -0.3 is 10.2 Å². The number of aliphatic hydroxyl groups excluding tert-OH is 1. The molecule has 2 N–H and O–H groups in total. The Morgan fingerprint density at radius 2 is 1.61 bits per heavy atom. The van der Waals surface area contributed by atoms with E-state index >= 15 is 0 Å². The quantitative estimate of drug-likeness (QED) is 0.654. The number of aliphatic hydroxyl groups is 2. The van der Waals surface area contributed by atoms with Gasteiger partial charge in [-0.3, -0.25) is 0 Å². The lowest BCUT2D eigenvalue weighted by atomic mass is 9.41. The summed E-state index contributed by atoms with van der Waals surface area (Å²) in [6, 6.07) is 0. The Morgan fingerprint density at radius 3 is 2.35 bits per heavy atom. The zero-order valence-electron chi connectivity index (χ0n) is 15.3. The molecule has 23 heavy (non-hydrogen) atoms. The Balaban J connectivity index is 1.72. The molecule has 0 heterocycles. The molecule has 0 aromatic heterocycles. The third kappa shape index (κ3) is 2.00. The van der Waals surface area contributed by atoms with Crippen molar-refractivity contribution in [1.82, 2.24) is 0 Å². The molecule has 4 rings (SSSR count). The molecule has 0 aromatic rings. The summed E-state index contributed by atoms with van der Waals surface area (Å²) in [5.41, 5.74) is -0.0760. The molecule has 4 aliphatic rings. The van der Waals surface area contributed by atoms with Crippen LogP contribution in [0.4, 0.5) is 0 Å². The Hall–Kier alpha value is -0.340. The zero-order valence-corrected chi connectivity index (χ0v) is 15.3. The van der Waals surface area contributed by atoms with Crippen LogP contribution in [0.3, 0.4) is 0 Å². The molecule has 2 heteroatoms. The minimum absolute atomic E-state index is 0.0859. The first-order valence-electron chi connectivity index (χ1n) is 9.72. The van der Waals surface area contributed by atoms with Crippen molar-refractivity contribution in [2.24, 2.45) is 34.0 Å². The summed E-state index contributed by atoms with van der Waals surface area (Å²) < 4.78 is 0. The van der Waals surface area contributed by atoms with Crippen LogP contribution >= 0.6 is 0 Å². The fourth-order valence-electron chi connectivity index (χ4n) is 7.41. The third-order valence-corrected chi connectivity index (χ3v) is 9.02. The minimum Gasteiger partial charge on any atom is -0.393 e. The van der Waals surface area contributed by atoms with Gasteiger partial charge in [-0.25, -0.2) is 0 Å². The van der Waals surface area contributed by atoms with Gasteiger partial charge in [0.2, 0.25) is 0 Å². The largest absolute Gasteiger partial charge is 0.393 e. The van der Waals surface area contributed by atoms with Crippen LogP contribution in [-0.2, 0) is 0 Å². The van der Waals surface area contributed by atoms with Gasteiger partial charge in [-0.15, -0.1) is 0 Å². The lowest BCUT2D eigenvalue weighted by Gasteiger charge is -2.64. The van der Waals surface area contributed by atoms with Gasteiger partial charge in [-0.05, 0) is 85.9 Å². The molecule has 0 radical (unpaired) electrons. The fraction of sp³-hybridized carbons (Fsp3) is 0.905. The minimum atomic E-state index is -0.645. The van der Waals surface area contributed by atoms with Crippen LogP contribution < -0.4 is 0 Å². The number of hydrogen-bond donors (Lipinski definition) is 2. The first-order chi connectivity index (χ1) is 10.6. The van der Waals surface area contributed by atoms with Gasteiger partial charge in [0.1, 0.15) is 0 Å². The fourth-order valence-corrected chi connectivity index (χ4v) is 7.41. The molecule has 0 aromatic carbocycles. The van der Waals surface area contributed by atoms with E-state index in [9.17, 15) is 10.2 Å². The maximum Gasteiger partial charge on any atom is 0.0805 e.